The molecule has 0 radical (unpaired) electrons. The number of rotatable bonds is 2. The van der Waals surface area contributed by atoms with Crippen molar-refractivity contribution in [1.29, 1.82) is 0 Å². The molecule has 0 aromatic carbocycles. The van der Waals surface area contributed by atoms with Crippen LogP contribution in [-0.2, 0) is 4.74 Å². The van der Waals surface area contributed by atoms with Gasteiger partial charge >= 0.3 is 6.09 Å². The Morgan fingerprint density at radius 2 is 2.00 bits per heavy atom. The van der Waals surface area contributed by atoms with E-state index in [-0.39, 0.29) is 12.1 Å². The predicted octanol–water partition coefficient (Wildman–Crippen LogP) is 4.74. The van der Waals surface area contributed by atoms with E-state index >= 15 is 0 Å². The first-order chi connectivity index (χ1) is 11.6. The lowest BCUT2D eigenvalue weighted by Crippen LogP contribution is -2.51. The maximum Gasteiger partial charge on any atom is 0.410 e. The van der Waals surface area contributed by atoms with Crippen molar-refractivity contribution in [2.45, 2.75) is 58.2 Å². The number of halogens is 1. The highest BCUT2D eigenvalue weighted by molar-refractivity contribution is 9.11. The lowest BCUT2D eigenvalue weighted by atomic mass is 9.98. The summed E-state index contributed by atoms with van der Waals surface area (Å²) in [5.41, 5.74) is -0.460. The van der Waals surface area contributed by atoms with Crippen LogP contribution in [0.2, 0.25) is 0 Å². The van der Waals surface area contributed by atoms with Gasteiger partial charge in [0, 0.05) is 25.7 Å². The molecule has 1 saturated heterocycles. The van der Waals surface area contributed by atoms with E-state index in [1.54, 1.807) is 22.7 Å². The van der Waals surface area contributed by atoms with Crippen molar-refractivity contribution in [2.75, 3.05) is 18.5 Å². The summed E-state index contributed by atoms with van der Waals surface area (Å²) in [6.45, 7) is 8.49. The summed E-state index contributed by atoms with van der Waals surface area (Å²) in [6.07, 6.45) is 1.59. The van der Waals surface area contributed by atoms with Crippen LogP contribution < -0.4 is 4.90 Å². The van der Waals surface area contributed by atoms with Gasteiger partial charge in [0.15, 0.2) is 18.7 Å². The summed E-state index contributed by atoms with van der Waals surface area (Å²) in [6, 6.07) is 0.502. The predicted molar refractivity (Wildman–Crippen MR) is 107 cm³/mol. The van der Waals surface area contributed by atoms with E-state index in [2.05, 4.69) is 39.8 Å². The van der Waals surface area contributed by atoms with Crippen molar-refractivity contribution in [3.8, 4) is 0 Å². The van der Waals surface area contributed by atoms with Gasteiger partial charge < -0.3 is 14.5 Å². The van der Waals surface area contributed by atoms with Crippen molar-refractivity contribution < 1.29 is 9.53 Å². The zero-order chi connectivity index (χ0) is 18.4. The molecule has 25 heavy (non-hydrogen) atoms. The van der Waals surface area contributed by atoms with Crippen LogP contribution in [0.4, 0.5) is 9.93 Å². The van der Waals surface area contributed by atoms with Crippen molar-refractivity contribution in [2.24, 2.45) is 0 Å². The fraction of sp³-hybridized carbons (Fsp3) is 0.688. The Labute approximate surface area is 164 Å². The zero-order valence-corrected chi connectivity index (χ0v) is 18.3. The normalized spacial score (nSPS) is 21.6. The molecule has 1 amide bonds. The van der Waals surface area contributed by atoms with E-state index in [0.717, 1.165) is 31.6 Å². The molecule has 2 aromatic heterocycles. The average molecular weight is 447 g/mol. The number of likely N-dealkylation sites (tertiary alicyclic amines) is 1. The van der Waals surface area contributed by atoms with Crippen LogP contribution in [0.3, 0.4) is 0 Å². The Hall–Kier alpha value is -0.930. The van der Waals surface area contributed by atoms with Gasteiger partial charge in [-0.05, 0) is 56.5 Å². The summed E-state index contributed by atoms with van der Waals surface area (Å²) < 4.78 is 6.39. The zero-order valence-electron chi connectivity index (χ0n) is 15.1. The average Bonchev–Trinajstić information content (AvgIpc) is 3.01. The SMILES string of the molecule is C[C@@H]1C[C@@H](N(C)c2nc3sc(Br)nc3s2)CCN1C(=O)OC(C)(C)C. The number of carbonyl (C=O) groups is 1. The Kier molecular flexibility index (Phi) is 5.28. The molecule has 2 aromatic rings. The number of carbonyl (C=O) groups excluding carboxylic acids is 1. The standard InChI is InChI=1S/C16H23BrN4O2S2/c1-9-8-10(6-7-21(9)15(22)23-16(2,3)4)20(5)14-19-12-11(25-14)18-13(17)24-12/h9-10H,6-8H2,1-5H3/t9-,10+/m1/s1. The second-order valence-electron chi connectivity index (χ2n) is 7.39. The van der Waals surface area contributed by atoms with Crippen LogP contribution in [-0.4, -0.2) is 52.2 Å². The van der Waals surface area contributed by atoms with Crippen LogP contribution in [0.5, 0.6) is 0 Å². The topological polar surface area (TPSA) is 58.6 Å². The monoisotopic (exact) mass is 446 g/mol. The van der Waals surface area contributed by atoms with E-state index < -0.39 is 5.60 Å². The van der Waals surface area contributed by atoms with Crippen molar-refractivity contribution in [3.63, 3.8) is 0 Å². The number of piperidine rings is 1. The summed E-state index contributed by atoms with van der Waals surface area (Å²) >= 11 is 6.57. The Morgan fingerprint density at radius 3 is 2.60 bits per heavy atom. The van der Waals surface area contributed by atoms with Crippen LogP contribution >= 0.6 is 38.6 Å². The smallest absolute Gasteiger partial charge is 0.410 e. The Morgan fingerprint density at radius 1 is 1.32 bits per heavy atom. The Bertz CT molecular complexity index is 738. The fourth-order valence-electron chi connectivity index (χ4n) is 3.01. The molecule has 0 spiro atoms. The van der Waals surface area contributed by atoms with Crippen molar-refractivity contribution >= 4 is 59.5 Å². The molecule has 9 heteroatoms. The maximum absolute atomic E-state index is 12.4. The van der Waals surface area contributed by atoms with Gasteiger partial charge in [-0.3, -0.25) is 0 Å². The molecule has 1 fully saturated rings. The molecule has 0 aliphatic carbocycles. The van der Waals surface area contributed by atoms with E-state index in [1.165, 1.54) is 0 Å². The minimum absolute atomic E-state index is 0.143. The molecule has 2 atom stereocenters. The molecule has 0 N–H and O–H groups in total. The van der Waals surface area contributed by atoms with Crippen LogP contribution in [0, 0.1) is 0 Å². The molecule has 0 unspecified atom stereocenters. The number of aromatic nitrogens is 2. The van der Waals surface area contributed by atoms with Gasteiger partial charge in [0.25, 0.3) is 0 Å². The highest BCUT2D eigenvalue weighted by atomic mass is 79.9. The van der Waals surface area contributed by atoms with Crippen molar-refractivity contribution in [3.05, 3.63) is 3.92 Å². The molecular weight excluding hydrogens is 424 g/mol. The third-order valence-electron chi connectivity index (χ3n) is 4.26. The number of nitrogens with zero attached hydrogens (tertiary/aromatic N) is 4. The van der Waals surface area contributed by atoms with Gasteiger partial charge in [-0.1, -0.05) is 22.7 Å². The summed E-state index contributed by atoms with van der Waals surface area (Å²) in [7, 11) is 2.08. The first-order valence-corrected chi connectivity index (χ1v) is 10.7. The van der Waals surface area contributed by atoms with Gasteiger partial charge in [0.2, 0.25) is 0 Å². The van der Waals surface area contributed by atoms with E-state index in [1.807, 2.05) is 25.7 Å². The van der Waals surface area contributed by atoms with Crippen LogP contribution in [0.15, 0.2) is 3.92 Å². The van der Waals surface area contributed by atoms with Gasteiger partial charge in [-0.2, -0.15) is 0 Å². The second kappa shape index (κ2) is 7.00. The number of fused-ring (bicyclic) bond motifs is 1. The number of thiazole rings is 2. The number of amides is 1. The van der Waals surface area contributed by atoms with E-state index in [9.17, 15) is 4.79 Å². The lowest BCUT2D eigenvalue weighted by molar-refractivity contribution is 0.0105. The van der Waals surface area contributed by atoms with Gasteiger partial charge in [0.1, 0.15) is 5.60 Å². The second-order valence-corrected chi connectivity index (χ2v) is 10.6. The van der Waals surface area contributed by atoms with E-state index in [4.69, 9.17) is 9.72 Å². The largest absolute Gasteiger partial charge is 0.444 e. The number of anilines is 1. The molecule has 3 rings (SSSR count). The molecule has 6 nitrogen and oxygen atoms in total. The molecule has 1 aliphatic heterocycles. The number of hydrogen-bond acceptors (Lipinski definition) is 7. The lowest BCUT2D eigenvalue weighted by Gasteiger charge is -2.41. The highest BCUT2D eigenvalue weighted by Gasteiger charge is 2.34. The molecule has 0 bridgehead atoms. The van der Waals surface area contributed by atoms with Crippen LogP contribution in [0.1, 0.15) is 40.5 Å². The van der Waals surface area contributed by atoms with Gasteiger partial charge in [-0.25, -0.2) is 14.8 Å². The first kappa shape index (κ1) is 18.8. The highest BCUT2D eigenvalue weighted by Crippen LogP contribution is 2.35. The fourth-order valence-corrected chi connectivity index (χ4v) is 5.56. The minimum atomic E-state index is -0.460. The maximum atomic E-state index is 12.4. The summed E-state index contributed by atoms with van der Waals surface area (Å²) in [5, 5.41) is 0.990. The molecule has 1 aliphatic rings. The molecular formula is C16H23BrN4O2S2. The number of hydrogen-bond donors (Lipinski definition) is 0. The third kappa shape index (κ3) is 4.25. The molecule has 138 valence electrons. The summed E-state index contributed by atoms with van der Waals surface area (Å²) in [4.78, 5) is 27.5. The van der Waals surface area contributed by atoms with Crippen molar-refractivity contribution in [1.82, 2.24) is 14.9 Å². The minimum Gasteiger partial charge on any atom is -0.444 e. The third-order valence-corrected chi connectivity index (χ3v) is 6.83. The first-order valence-electron chi connectivity index (χ1n) is 8.29. The molecule has 0 saturated carbocycles. The van der Waals surface area contributed by atoms with E-state index in [0.29, 0.717) is 12.6 Å². The van der Waals surface area contributed by atoms with Gasteiger partial charge in [-0.15, -0.1) is 0 Å². The quantitative estimate of drug-likeness (QED) is 0.666. The Balaban J connectivity index is 1.65. The number of ether oxygens (including phenoxy) is 1. The van der Waals surface area contributed by atoms with Gasteiger partial charge in [0.05, 0.1) is 0 Å². The summed E-state index contributed by atoms with van der Waals surface area (Å²) in [5.74, 6) is 0. The van der Waals surface area contributed by atoms with Crippen LogP contribution in [0.25, 0.3) is 9.66 Å². The molecule has 3 heterocycles.